The van der Waals surface area contributed by atoms with Gasteiger partial charge in [-0.15, -0.1) is 11.3 Å². The van der Waals surface area contributed by atoms with E-state index in [0.29, 0.717) is 32.4 Å². The Balaban J connectivity index is 1.78. The summed E-state index contributed by atoms with van der Waals surface area (Å²) in [5.74, 6) is 0.0634. The summed E-state index contributed by atoms with van der Waals surface area (Å²) >= 11 is 7.36. The van der Waals surface area contributed by atoms with Gasteiger partial charge in [0.15, 0.2) is 0 Å². The summed E-state index contributed by atoms with van der Waals surface area (Å²) in [6.45, 7) is 3.47. The third-order valence-electron chi connectivity index (χ3n) is 5.10. The zero-order valence-electron chi connectivity index (χ0n) is 17.6. The van der Waals surface area contributed by atoms with Crippen LogP contribution in [0.5, 0.6) is 5.75 Å². The molecule has 9 heteroatoms. The van der Waals surface area contributed by atoms with Crippen LogP contribution in [0.1, 0.15) is 11.1 Å². The highest BCUT2D eigenvalue weighted by Gasteiger charge is 2.19. The molecule has 2 heterocycles. The number of carbonyl (C=O) groups excluding carboxylic acids is 1. The Morgan fingerprint density at radius 2 is 1.91 bits per heavy atom. The maximum Gasteiger partial charge on any atom is 0.336 e. The van der Waals surface area contributed by atoms with Crippen LogP contribution in [0.25, 0.3) is 15.9 Å². The molecule has 0 atom stereocenters. The van der Waals surface area contributed by atoms with Crippen LogP contribution in [0, 0.1) is 13.8 Å². The number of hydrogen-bond acceptors (Lipinski definition) is 5. The average molecular weight is 470 g/mol. The Bertz CT molecular complexity index is 1470. The maximum atomic E-state index is 13.4. The predicted octanol–water partition coefficient (Wildman–Crippen LogP) is 4.13. The van der Waals surface area contributed by atoms with Gasteiger partial charge in [0.2, 0.25) is 5.91 Å². The molecule has 0 aliphatic carbocycles. The number of aryl methyl sites for hydroxylation is 2. The molecule has 0 aliphatic heterocycles. The number of benzene rings is 2. The Labute approximate surface area is 192 Å². The summed E-state index contributed by atoms with van der Waals surface area (Å²) < 4.78 is 7.98. The van der Waals surface area contributed by atoms with E-state index in [1.54, 1.807) is 35.7 Å². The molecule has 1 N–H and O–H groups in total. The van der Waals surface area contributed by atoms with Crippen LogP contribution in [0.3, 0.4) is 0 Å². The number of rotatable bonds is 5. The first-order chi connectivity index (χ1) is 15.3. The van der Waals surface area contributed by atoms with Crippen LogP contribution in [0.2, 0.25) is 5.02 Å². The molecular weight excluding hydrogens is 450 g/mol. The highest BCUT2D eigenvalue weighted by Crippen LogP contribution is 2.27. The van der Waals surface area contributed by atoms with Crippen LogP contribution >= 0.6 is 22.9 Å². The van der Waals surface area contributed by atoms with Crippen molar-refractivity contribution in [2.24, 2.45) is 0 Å². The van der Waals surface area contributed by atoms with Gasteiger partial charge in [-0.05, 0) is 60.7 Å². The summed E-state index contributed by atoms with van der Waals surface area (Å²) in [6, 6.07) is 12.1. The van der Waals surface area contributed by atoms with Crippen LogP contribution in [-0.2, 0) is 11.3 Å². The minimum atomic E-state index is -0.572. The fourth-order valence-electron chi connectivity index (χ4n) is 3.50. The zero-order valence-corrected chi connectivity index (χ0v) is 19.2. The second-order valence-electron chi connectivity index (χ2n) is 7.33. The van der Waals surface area contributed by atoms with Gasteiger partial charge in [-0.25, -0.2) is 9.36 Å². The van der Waals surface area contributed by atoms with Gasteiger partial charge in [0.05, 0.1) is 23.3 Å². The number of thiophene rings is 1. The van der Waals surface area contributed by atoms with Crippen molar-refractivity contribution in [2.75, 3.05) is 12.4 Å². The average Bonchev–Trinajstić information content (AvgIpc) is 3.24. The predicted molar refractivity (Wildman–Crippen MR) is 128 cm³/mol. The van der Waals surface area contributed by atoms with E-state index in [0.717, 1.165) is 15.7 Å². The lowest BCUT2D eigenvalue weighted by Gasteiger charge is -2.14. The molecule has 0 bridgehead atoms. The summed E-state index contributed by atoms with van der Waals surface area (Å²) in [7, 11) is 1.50. The van der Waals surface area contributed by atoms with E-state index in [4.69, 9.17) is 16.3 Å². The lowest BCUT2D eigenvalue weighted by atomic mass is 10.1. The van der Waals surface area contributed by atoms with E-state index >= 15 is 0 Å². The van der Waals surface area contributed by atoms with Gasteiger partial charge in [0, 0.05) is 5.69 Å². The largest absolute Gasteiger partial charge is 0.495 e. The van der Waals surface area contributed by atoms with Crippen molar-refractivity contribution in [1.29, 1.82) is 0 Å². The zero-order chi connectivity index (χ0) is 23.0. The molecule has 0 saturated heterocycles. The molecule has 2 aromatic carbocycles. The number of fused-ring (bicyclic) bond motifs is 1. The molecule has 0 fully saturated rings. The second-order valence-corrected chi connectivity index (χ2v) is 8.66. The number of nitrogens with one attached hydrogen (secondary N) is 1. The molecule has 0 spiro atoms. The molecule has 2 aromatic heterocycles. The third kappa shape index (κ3) is 3.94. The number of hydrogen-bond donors (Lipinski definition) is 1. The number of amides is 1. The van der Waals surface area contributed by atoms with Gasteiger partial charge in [-0.3, -0.25) is 14.2 Å². The fourth-order valence-corrected chi connectivity index (χ4v) is 4.58. The number of nitrogens with zero attached hydrogens (tertiary/aromatic N) is 2. The molecule has 0 aliphatic rings. The number of anilines is 1. The van der Waals surface area contributed by atoms with Crippen molar-refractivity contribution in [3.8, 4) is 11.4 Å². The smallest absolute Gasteiger partial charge is 0.336 e. The highest BCUT2D eigenvalue weighted by molar-refractivity contribution is 7.17. The van der Waals surface area contributed by atoms with E-state index in [-0.39, 0.29) is 6.54 Å². The Morgan fingerprint density at radius 3 is 2.62 bits per heavy atom. The van der Waals surface area contributed by atoms with Gasteiger partial charge < -0.3 is 10.1 Å². The molecule has 4 aromatic rings. The Hall–Kier alpha value is -3.36. The van der Waals surface area contributed by atoms with E-state index in [2.05, 4.69) is 5.32 Å². The first-order valence-electron chi connectivity index (χ1n) is 9.74. The van der Waals surface area contributed by atoms with E-state index < -0.39 is 17.2 Å². The normalized spacial score (nSPS) is 11.0. The van der Waals surface area contributed by atoms with Gasteiger partial charge >= 0.3 is 5.69 Å². The van der Waals surface area contributed by atoms with Crippen LogP contribution < -0.4 is 21.3 Å². The van der Waals surface area contributed by atoms with Crippen molar-refractivity contribution in [3.63, 3.8) is 0 Å². The van der Waals surface area contributed by atoms with Crippen LogP contribution in [0.4, 0.5) is 5.69 Å². The van der Waals surface area contributed by atoms with E-state index in [1.165, 1.54) is 23.0 Å². The Kier molecular flexibility index (Phi) is 5.90. The molecule has 0 unspecified atom stereocenters. The second kappa shape index (κ2) is 8.64. The molecule has 7 nitrogen and oxygen atoms in total. The first-order valence-corrected chi connectivity index (χ1v) is 11.0. The maximum absolute atomic E-state index is 13.4. The van der Waals surface area contributed by atoms with Crippen LogP contribution in [0.15, 0.2) is 57.4 Å². The quantitative estimate of drug-likeness (QED) is 0.476. The molecule has 0 radical (unpaired) electrons. The molecule has 4 rings (SSSR count). The van der Waals surface area contributed by atoms with Crippen LogP contribution in [-0.4, -0.2) is 22.2 Å². The van der Waals surface area contributed by atoms with Crippen molar-refractivity contribution in [2.45, 2.75) is 20.4 Å². The highest BCUT2D eigenvalue weighted by atomic mass is 35.5. The lowest BCUT2D eigenvalue weighted by molar-refractivity contribution is -0.116. The number of aromatic nitrogens is 2. The molecule has 164 valence electrons. The minimum Gasteiger partial charge on any atom is -0.495 e. The molecule has 0 saturated carbocycles. The number of halogens is 1. The monoisotopic (exact) mass is 469 g/mol. The molecule has 32 heavy (non-hydrogen) atoms. The summed E-state index contributed by atoms with van der Waals surface area (Å²) in [4.78, 5) is 39.3. The first kappa shape index (κ1) is 21.9. The summed E-state index contributed by atoms with van der Waals surface area (Å²) in [5.41, 5.74) is 2.14. The standard InChI is InChI=1S/C23H20ClN3O4S/c1-13-4-5-14(2)18(10-13)27-22(29)21-17(8-9-32-21)26(23(27)30)12-20(28)25-15-6-7-19(31-3)16(24)11-15/h4-11H,12H2,1-3H3,(H,25,28). The van der Waals surface area contributed by atoms with Crippen molar-refractivity contribution in [3.05, 3.63) is 84.8 Å². The van der Waals surface area contributed by atoms with E-state index in [9.17, 15) is 14.4 Å². The van der Waals surface area contributed by atoms with Crippen molar-refractivity contribution in [1.82, 2.24) is 9.13 Å². The third-order valence-corrected chi connectivity index (χ3v) is 6.28. The summed E-state index contributed by atoms with van der Waals surface area (Å²) in [6.07, 6.45) is 0. The van der Waals surface area contributed by atoms with Crippen molar-refractivity contribution >= 4 is 44.7 Å². The summed E-state index contributed by atoms with van der Waals surface area (Å²) in [5, 5.41) is 4.82. The topological polar surface area (TPSA) is 82.3 Å². The van der Waals surface area contributed by atoms with Gasteiger partial charge in [-0.2, -0.15) is 0 Å². The van der Waals surface area contributed by atoms with E-state index in [1.807, 2.05) is 26.0 Å². The Morgan fingerprint density at radius 1 is 1.12 bits per heavy atom. The molecular formula is C23H20ClN3O4S. The van der Waals surface area contributed by atoms with Crippen molar-refractivity contribution < 1.29 is 9.53 Å². The van der Waals surface area contributed by atoms with Gasteiger partial charge in [0.25, 0.3) is 5.56 Å². The molecule has 1 amide bonds. The fraction of sp³-hybridized carbons (Fsp3) is 0.174. The SMILES string of the molecule is COc1ccc(NC(=O)Cn2c(=O)n(-c3cc(C)ccc3C)c(=O)c3sccc32)cc1Cl. The number of carbonyl (C=O) groups is 1. The number of ether oxygens (including phenoxy) is 1. The van der Waals surface area contributed by atoms with Gasteiger partial charge in [0.1, 0.15) is 17.0 Å². The van der Waals surface area contributed by atoms with Gasteiger partial charge in [-0.1, -0.05) is 23.7 Å². The lowest BCUT2D eigenvalue weighted by Crippen LogP contribution is -2.40. The minimum absolute atomic E-state index is 0.263. The number of methoxy groups -OCH3 is 1.